The van der Waals surface area contributed by atoms with E-state index < -0.39 is 10.2 Å². The predicted molar refractivity (Wildman–Crippen MR) is 87.9 cm³/mol. The van der Waals surface area contributed by atoms with Crippen LogP contribution >= 0.6 is 22.7 Å². The lowest BCUT2D eigenvalue weighted by atomic mass is 10.1. The number of nitrogens with zero attached hydrogens (tertiary/aromatic N) is 1. The van der Waals surface area contributed by atoms with Crippen molar-refractivity contribution in [3.8, 4) is 0 Å². The molecule has 0 spiro atoms. The van der Waals surface area contributed by atoms with Crippen molar-refractivity contribution in [2.24, 2.45) is 0 Å². The van der Waals surface area contributed by atoms with E-state index in [2.05, 4.69) is 64.0 Å². The standard InChI is InChI=1S/C17H10NS2.ClHO4/c1-2-12-5-9-20-17(12)15-11(1)3-7-18-8-4-14-13(16(15)18)6-10-19-14;2-1(3,4)5/h1-10H;(H,2,3,4,5)/q+1;/p-1. The van der Waals surface area contributed by atoms with Gasteiger partial charge >= 0.3 is 0 Å². The maximum Gasteiger partial charge on any atom is 0.228 e. The molecule has 4 aromatic heterocycles. The van der Waals surface area contributed by atoms with E-state index in [1.807, 2.05) is 22.7 Å². The Hall–Kier alpha value is -1.84. The quantitative estimate of drug-likeness (QED) is 0.279. The van der Waals surface area contributed by atoms with Gasteiger partial charge in [0.05, 0.1) is 10.8 Å². The van der Waals surface area contributed by atoms with Crippen LogP contribution in [0.15, 0.2) is 59.6 Å². The normalized spacial score (nSPS) is 12.0. The van der Waals surface area contributed by atoms with E-state index in [-0.39, 0.29) is 0 Å². The van der Waals surface area contributed by atoms with Crippen LogP contribution in [0.25, 0.3) is 36.5 Å². The monoisotopic (exact) mass is 391 g/mol. The third-order valence-electron chi connectivity index (χ3n) is 3.90. The molecule has 0 unspecified atom stereocenters. The van der Waals surface area contributed by atoms with Gasteiger partial charge in [0.1, 0.15) is 0 Å². The molecule has 0 saturated carbocycles. The molecule has 0 atom stereocenters. The van der Waals surface area contributed by atoms with Gasteiger partial charge in [-0.05, 0) is 33.7 Å². The number of aromatic nitrogens is 1. The minimum atomic E-state index is -4.94. The molecule has 0 aliphatic carbocycles. The fraction of sp³-hybridized carbons (Fsp3) is 0. The zero-order chi connectivity index (χ0) is 17.6. The molecule has 0 fully saturated rings. The number of benzene rings is 1. The van der Waals surface area contributed by atoms with Crippen molar-refractivity contribution in [1.29, 1.82) is 0 Å². The highest BCUT2D eigenvalue weighted by Crippen LogP contribution is 2.34. The molecule has 0 saturated heterocycles. The van der Waals surface area contributed by atoms with Crippen molar-refractivity contribution in [3.63, 3.8) is 0 Å². The van der Waals surface area contributed by atoms with Crippen LogP contribution in [0.4, 0.5) is 0 Å². The Labute approximate surface area is 152 Å². The molecule has 25 heavy (non-hydrogen) atoms. The Kier molecular flexibility index (Phi) is 4.09. The lowest BCUT2D eigenvalue weighted by Crippen LogP contribution is -2.68. The van der Waals surface area contributed by atoms with Gasteiger partial charge in [0, 0.05) is 21.5 Å². The summed E-state index contributed by atoms with van der Waals surface area (Å²) in [7, 11) is -4.94. The number of fused-ring (bicyclic) bond motifs is 7. The van der Waals surface area contributed by atoms with E-state index in [1.165, 1.54) is 36.5 Å². The first-order chi connectivity index (χ1) is 11.9. The minimum absolute atomic E-state index is 1.32. The van der Waals surface area contributed by atoms with Crippen LogP contribution in [0.5, 0.6) is 0 Å². The Morgan fingerprint density at radius 2 is 1.44 bits per heavy atom. The van der Waals surface area contributed by atoms with Crippen LogP contribution in [0, 0.1) is 10.2 Å². The lowest BCUT2D eigenvalue weighted by Gasteiger charge is -2.17. The molecular formula is C17H10ClNO4S2. The van der Waals surface area contributed by atoms with Gasteiger partial charge < -0.3 is 0 Å². The average Bonchev–Trinajstić information content (AvgIpc) is 3.21. The van der Waals surface area contributed by atoms with Crippen molar-refractivity contribution in [3.05, 3.63) is 59.6 Å². The second-order valence-electron chi connectivity index (χ2n) is 5.33. The zero-order valence-corrected chi connectivity index (χ0v) is 14.9. The number of hydrogen-bond donors (Lipinski definition) is 0. The Balaban J connectivity index is 0.000000280. The lowest BCUT2D eigenvalue weighted by molar-refractivity contribution is -2.00. The van der Waals surface area contributed by atoms with Crippen molar-refractivity contribution >= 4 is 59.1 Å². The van der Waals surface area contributed by atoms with Gasteiger partial charge in [0.15, 0.2) is 12.4 Å². The van der Waals surface area contributed by atoms with Gasteiger partial charge in [-0.2, -0.15) is 4.40 Å². The van der Waals surface area contributed by atoms with E-state index >= 15 is 0 Å². The first kappa shape index (κ1) is 16.6. The van der Waals surface area contributed by atoms with E-state index in [1.54, 1.807) is 0 Å². The highest BCUT2D eigenvalue weighted by Gasteiger charge is 2.15. The summed E-state index contributed by atoms with van der Waals surface area (Å²) >= 11 is 3.64. The topological polar surface area (TPSA) is 96.3 Å². The molecule has 5 rings (SSSR count). The molecule has 1 aromatic carbocycles. The van der Waals surface area contributed by atoms with Gasteiger partial charge in [-0.15, -0.1) is 32.9 Å². The molecule has 0 N–H and O–H groups in total. The van der Waals surface area contributed by atoms with E-state index in [0.717, 1.165) is 0 Å². The van der Waals surface area contributed by atoms with Gasteiger partial charge in [-0.3, -0.25) is 0 Å². The maximum atomic E-state index is 8.49. The van der Waals surface area contributed by atoms with Gasteiger partial charge in [0.2, 0.25) is 5.52 Å². The third-order valence-corrected chi connectivity index (χ3v) is 5.73. The number of hydrogen-bond acceptors (Lipinski definition) is 6. The van der Waals surface area contributed by atoms with Gasteiger partial charge in [0.25, 0.3) is 0 Å². The molecule has 5 aromatic rings. The minimum Gasteiger partial charge on any atom is -0.222 e. The summed E-state index contributed by atoms with van der Waals surface area (Å²) in [6.45, 7) is 0. The average molecular weight is 392 g/mol. The van der Waals surface area contributed by atoms with E-state index in [4.69, 9.17) is 18.6 Å². The fourth-order valence-corrected chi connectivity index (χ4v) is 4.72. The fourth-order valence-electron chi connectivity index (χ4n) is 2.99. The number of halogens is 1. The highest BCUT2D eigenvalue weighted by molar-refractivity contribution is 7.18. The van der Waals surface area contributed by atoms with Crippen LogP contribution in [-0.4, -0.2) is 0 Å². The van der Waals surface area contributed by atoms with Crippen molar-refractivity contribution in [1.82, 2.24) is 0 Å². The molecule has 126 valence electrons. The summed E-state index contributed by atoms with van der Waals surface area (Å²) in [4.78, 5) is 0. The van der Waals surface area contributed by atoms with Crippen molar-refractivity contribution in [2.45, 2.75) is 0 Å². The smallest absolute Gasteiger partial charge is 0.222 e. The largest absolute Gasteiger partial charge is 0.228 e. The molecule has 0 aliphatic heterocycles. The Morgan fingerprint density at radius 1 is 0.760 bits per heavy atom. The van der Waals surface area contributed by atoms with E-state index in [9.17, 15) is 0 Å². The first-order valence-corrected chi connectivity index (χ1v) is 10.1. The first-order valence-electron chi connectivity index (χ1n) is 7.14. The number of pyridine rings is 2. The van der Waals surface area contributed by atoms with Gasteiger partial charge in [-0.25, -0.2) is 18.6 Å². The summed E-state index contributed by atoms with van der Waals surface area (Å²) in [5.41, 5.74) is 1.33. The predicted octanol–water partition coefficient (Wildman–Crippen LogP) is 0.252. The number of rotatable bonds is 0. The van der Waals surface area contributed by atoms with Gasteiger partial charge in [-0.1, -0.05) is 12.1 Å². The third kappa shape index (κ3) is 3.19. The van der Waals surface area contributed by atoms with Crippen LogP contribution < -0.4 is 23.0 Å². The zero-order valence-electron chi connectivity index (χ0n) is 12.5. The molecule has 0 aliphatic rings. The summed E-state index contributed by atoms with van der Waals surface area (Å²) in [6.07, 6.45) is 4.33. The summed E-state index contributed by atoms with van der Waals surface area (Å²) in [6, 6.07) is 13.3. The highest BCUT2D eigenvalue weighted by atomic mass is 35.7. The second-order valence-corrected chi connectivity index (χ2v) is 7.95. The maximum absolute atomic E-state index is 8.49. The summed E-state index contributed by atoms with van der Waals surface area (Å²) in [5, 5.41) is 9.74. The van der Waals surface area contributed by atoms with Crippen LogP contribution in [0.2, 0.25) is 0 Å². The SMILES string of the molecule is [O-][Cl+3]([O-])([O-])[O-].c1cc2c(cc[n+]3ccc4ccc5ccsc5c4c23)s1. The molecule has 0 radical (unpaired) electrons. The molecular weight excluding hydrogens is 382 g/mol. The van der Waals surface area contributed by atoms with Crippen LogP contribution in [0.3, 0.4) is 0 Å². The molecule has 8 heteroatoms. The molecule has 0 amide bonds. The van der Waals surface area contributed by atoms with Crippen LogP contribution in [-0.2, 0) is 0 Å². The second kappa shape index (κ2) is 6.15. The van der Waals surface area contributed by atoms with Crippen LogP contribution in [0.1, 0.15) is 0 Å². The Morgan fingerprint density at radius 3 is 2.24 bits per heavy atom. The number of thiophene rings is 2. The molecule has 4 heterocycles. The summed E-state index contributed by atoms with van der Waals surface area (Å²) in [5.74, 6) is 0. The molecule has 0 bridgehead atoms. The van der Waals surface area contributed by atoms with Crippen molar-refractivity contribution in [2.75, 3.05) is 0 Å². The van der Waals surface area contributed by atoms with E-state index in [0.29, 0.717) is 0 Å². The van der Waals surface area contributed by atoms with Crippen molar-refractivity contribution < 1.29 is 33.3 Å². The Bertz CT molecular complexity index is 1110. The molecule has 5 nitrogen and oxygen atoms in total. The summed E-state index contributed by atoms with van der Waals surface area (Å²) < 4.78 is 39.0.